The predicted molar refractivity (Wildman–Crippen MR) is 75.5 cm³/mol. The van der Waals surface area contributed by atoms with Crippen LogP contribution in [0, 0.1) is 23.1 Å². The van der Waals surface area contributed by atoms with Gasteiger partial charge in [0, 0.05) is 6.54 Å². The summed E-state index contributed by atoms with van der Waals surface area (Å²) >= 11 is 0. The van der Waals surface area contributed by atoms with Gasteiger partial charge in [-0.2, -0.15) is 5.26 Å². The molecule has 1 N–H and O–H groups in total. The normalized spacial score (nSPS) is 18.5. The van der Waals surface area contributed by atoms with Crippen LogP contribution in [0.2, 0.25) is 0 Å². The average Bonchev–Trinajstić information content (AvgIpc) is 2.64. The van der Waals surface area contributed by atoms with Crippen LogP contribution in [0.3, 0.4) is 0 Å². The van der Waals surface area contributed by atoms with Gasteiger partial charge in [0.1, 0.15) is 17.6 Å². The quantitative estimate of drug-likeness (QED) is 0.926. The zero-order chi connectivity index (χ0) is 15.6. The monoisotopic (exact) mass is 288 g/mol. The van der Waals surface area contributed by atoms with E-state index in [1.807, 2.05) is 13.8 Å². The van der Waals surface area contributed by atoms with Crippen molar-refractivity contribution in [1.82, 2.24) is 4.90 Å². The molecule has 1 aromatic carbocycles. The van der Waals surface area contributed by atoms with Crippen LogP contribution in [-0.2, 0) is 11.3 Å². The minimum absolute atomic E-state index is 0.154. The van der Waals surface area contributed by atoms with Crippen LogP contribution < -0.4 is 0 Å². The fourth-order valence-electron chi connectivity index (χ4n) is 2.47. The molecule has 2 rings (SSSR count). The number of rotatable bonds is 4. The van der Waals surface area contributed by atoms with E-state index < -0.39 is 11.9 Å². The number of aliphatic hydroxyl groups excluding tert-OH is 1. The van der Waals surface area contributed by atoms with Gasteiger partial charge in [0.15, 0.2) is 5.57 Å². The van der Waals surface area contributed by atoms with Gasteiger partial charge >= 0.3 is 0 Å². The second-order valence-corrected chi connectivity index (χ2v) is 5.58. The Morgan fingerprint density at radius 1 is 1.38 bits per heavy atom. The van der Waals surface area contributed by atoms with Crippen molar-refractivity contribution in [1.29, 1.82) is 5.26 Å². The first kappa shape index (κ1) is 15.0. The molecule has 110 valence electrons. The van der Waals surface area contributed by atoms with Crippen LogP contribution >= 0.6 is 0 Å². The minimum atomic E-state index is -0.489. The SMILES string of the molecule is CC(C)CC1C(O)=C(C#N)C(=O)N1Cc1ccc(F)cc1. The summed E-state index contributed by atoms with van der Waals surface area (Å²) in [6.45, 7) is 4.21. The van der Waals surface area contributed by atoms with Crippen molar-refractivity contribution in [3.63, 3.8) is 0 Å². The van der Waals surface area contributed by atoms with Crippen LogP contribution in [0.5, 0.6) is 0 Å². The fourth-order valence-corrected chi connectivity index (χ4v) is 2.47. The molecule has 0 bridgehead atoms. The molecule has 1 amide bonds. The standard InChI is InChI=1S/C16H17FN2O2/c1-10(2)7-14-15(20)13(8-18)16(21)19(14)9-11-3-5-12(17)6-4-11/h3-6,10,14,20H,7,9H2,1-2H3. The average molecular weight is 288 g/mol. The molecule has 1 aliphatic heterocycles. The Balaban J connectivity index is 2.26. The van der Waals surface area contributed by atoms with E-state index in [1.165, 1.54) is 17.0 Å². The van der Waals surface area contributed by atoms with Gasteiger partial charge in [-0.15, -0.1) is 0 Å². The first-order chi connectivity index (χ1) is 9.93. The molecule has 0 fully saturated rings. The smallest absolute Gasteiger partial charge is 0.268 e. The van der Waals surface area contributed by atoms with E-state index in [1.54, 1.807) is 18.2 Å². The lowest BCUT2D eigenvalue weighted by molar-refractivity contribution is -0.127. The third-order valence-corrected chi connectivity index (χ3v) is 3.50. The molecule has 5 heteroatoms. The highest BCUT2D eigenvalue weighted by molar-refractivity contribution is 6.00. The van der Waals surface area contributed by atoms with Gasteiger partial charge in [-0.1, -0.05) is 26.0 Å². The lowest BCUT2D eigenvalue weighted by Crippen LogP contribution is -2.36. The molecule has 0 radical (unpaired) electrons. The number of nitriles is 1. The number of hydrogen-bond acceptors (Lipinski definition) is 3. The number of nitrogens with zero attached hydrogens (tertiary/aromatic N) is 2. The second-order valence-electron chi connectivity index (χ2n) is 5.58. The zero-order valence-corrected chi connectivity index (χ0v) is 12.0. The molecule has 1 aromatic rings. The molecule has 0 aromatic heterocycles. The lowest BCUT2D eigenvalue weighted by Gasteiger charge is -2.26. The molecule has 4 nitrogen and oxygen atoms in total. The van der Waals surface area contributed by atoms with Crippen LogP contribution in [0.1, 0.15) is 25.8 Å². The van der Waals surface area contributed by atoms with E-state index in [-0.39, 0.29) is 29.6 Å². The van der Waals surface area contributed by atoms with Crippen LogP contribution in [0.25, 0.3) is 0 Å². The highest BCUT2D eigenvalue weighted by Crippen LogP contribution is 2.30. The van der Waals surface area contributed by atoms with Gasteiger partial charge < -0.3 is 10.0 Å². The van der Waals surface area contributed by atoms with E-state index in [0.717, 1.165) is 5.56 Å². The van der Waals surface area contributed by atoms with E-state index in [4.69, 9.17) is 5.26 Å². The number of halogens is 1. The molecular weight excluding hydrogens is 271 g/mol. The Kier molecular flexibility index (Phi) is 4.27. The third kappa shape index (κ3) is 3.05. The minimum Gasteiger partial charge on any atom is -0.509 e. The van der Waals surface area contributed by atoms with Gasteiger partial charge in [0.2, 0.25) is 0 Å². The van der Waals surface area contributed by atoms with Crippen molar-refractivity contribution in [2.45, 2.75) is 32.9 Å². The summed E-state index contributed by atoms with van der Waals surface area (Å²) in [5.74, 6) is -0.703. The fraction of sp³-hybridized carbons (Fsp3) is 0.375. The first-order valence-electron chi connectivity index (χ1n) is 6.82. The molecule has 0 spiro atoms. The van der Waals surface area contributed by atoms with Gasteiger partial charge in [0.25, 0.3) is 5.91 Å². The maximum Gasteiger partial charge on any atom is 0.268 e. The molecule has 1 aliphatic rings. The van der Waals surface area contributed by atoms with E-state index >= 15 is 0 Å². The van der Waals surface area contributed by atoms with E-state index in [2.05, 4.69) is 0 Å². The zero-order valence-electron chi connectivity index (χ0n) is 12.0. The van der Waals surface area contributed by atoms with Crippen LogP contribution in [-0.4, -0.2) is 22.0 Å². The topological polar surface area (TPSA) is 64.3 Å². The summed E-state index contributed by atoms with van der Waals surface area (Å²) in [5, 5.41) is 19.1. The molecule has 1 heterocycles. The molecule has 1 atom stereocenters. The van der Waals surface area contributed by atoms with Gasteiger partial charge in [-0.25, -0.2) is 4.39 Å². The van der Waals surface area contributed by atoms with E-state index in [0.29, 0.717) is 6.42 Å². The van der Waals surface area contributed by atoms with Gasteiger partial charge in [0.05, 0.1) is 6.04 Å². The summed E-state index contributed by atoms with van der Waals surface area (Å²) in [4.78, 5) is 13.7. The maximum absolute atomic E-state index is 12.9. The molecule has 0 aliphatic carbocycles. The van der Waals surface area contributed by atoms with Crippen LogP contribution in [0.15, 0.2) is 35.6 Å². The third-order valence-electron chi connectivity index (χ3n) is 3.50. The molecule has 0 saturated heterocycles. The van der Waals surface area contributed by atoms with Crippen molar-refractivity contribution in [3.05, 3.63) is 47.0 Å². The summed E-state index contributed by atoms with van der Waals surface area (Å²) in [6.07, 6.45) is 0.573. The molecule has 0 saturated carbocycles. The Morgan fingerprint density at radius 3 is 2.52 bits per heavy atom. The highest BCUT2D eigenvalue weighted by atomic mass is 19.1. The summed E-state index contributed by atoms with van der Waals surface area (Å²) in [7, 11) is 0. The summed E-state index contributed by atoms with van der Waals surface area (Å²) in [5.41, 5.74) is 0.563. The number of carbonyl (C=O) groups excluding carboxylic acids is 1. The highest BCUT2D eigenvalue weighted by Gasteiger charge is 2.39. The summed E-state index contributed by atoms with van der Waals surface area (Å²) < 4.78 is 12.9. The molecule has 21 heavy (non-hydrogen) atoms. The Bertz CT molecular complexity index is 614. The first-order valence-corrected chi connectivity index (χ1v) is 6.82. The summed E-state index contributed by atoms with van der Waals surface area (Å²) in [6, 6.07) is 7.12. The lowest BCUT2D eigenvalue weighted by atomic mass is 10.0. The largest absolute Gasteiger partial charge is 0.509 e. The van der Waals surface area contributed by atoms with Crippen molar-refractivity contribution < 1.29 is 14.3 Å². The Labute approximate surface area is 123 Å². The Morgan fingerprint density at radius 2 is 2.00 bits per heavy atom. The van der Waals surface area contributed by atoms with Gasteiger partial charge in [-0.3, -0.25) is 4.79 Å². The van der Waals surface area contributed by atoms with Crippen LogP contribution in [0.4, 0.5) is 4.39 Å². The molecule has 1 unspecified atom stereocenters. The van der Waals surface area contributed by atoms with Crippen molar-refractivity contribution in [2.75, 3.05) is 0 Å². The number of carbonyl (C=O) groups is 1. The predicted octanol–water partition coefficient (Wildman–Crippen LogP) is 2.92. The second kappa shape index (κ2) is 5.96. The van der Waals surface area contributed by atoms with Crippen molar-refractivity contribution in [3.8, 4) is 6.07 Å². The van der Waals surface area contributed by atoms with Gasteiger partial charge in [-0.05, 0) is 30.0 Å². The number of aliphatic hydroxyl groups is 1. The maximum atomic E-state index is 12.9. The Hall–Kier alpha value is -2.35. The molecular formula is C16H17FN2O2. The number of benzene rings is 1. The van der Waals surface area contributed by atoms with Crippen molar-refractivity contribution in [2.24, 2.45) is 5.92 Å². The number of hydrogen-bond donors (Lipinski definition) is 1. The number of amides is 1. The van der Waals surface area contributed by atoms with Crippen molar-refractivity contribution >= 4 is 5.91 Å². The van der Waals surface area contributed by atoms with E-state index in [9.17, 15) is 14.3 Å².